The molecule has 164 valence electrons. The summed E-state index contributed by atoms with van der Waals surface area (Å²) < 4.78 is 3.10. The smallest absolute Gasteiger partial charge is 0.314 e. The van der Waals surface area contributed by atoms with Crippen molar-refractivity contribution in [3.8, 4) is 0 Å². The Hall–Kier alpha value is -3.45. The van der Waals surface area contributed by atoms with Gasteiger partial charge in [0.1, 0.15) is 11.2 Å². The average molecular weight is 448 g/mol. The monoisotopic (exact) mass is 447 g/mol. The van der Waals surface area contributed by atoms with E-state index < -0.39 is 5.69 Å². The highest BCUT2D eigenvalue weighted by molar-refractivity contribution is 7.17. The second-order valence-corrected chi connectivity index (χ2v) is 9.02. The number of fused-ring (bicyclic) bond motifs is 1. The van der Waals surface area contributed by atoms with Gasteiger partial charge in [-0.05, 0) is 66.6 Å². The van der Waals surface area contributed by atoms with Gasteiger partial charge in [-0.2, -0.15) is 0 Å². The standard InChI is InChI=1S/C25H25N3O3S/c1-16-6-5-7-20(12-16)26(4)22(29)15-27-21-10-11-32-23(21)24(30)28(25(27)31)14-19-9-8-17(2)18(3)13-19/h5-13H,14-15H2,1-4H3. The van der Waals surface area contributed by atoms with Crippen LogP contribution in [0.15, 0.2) is 63.5 Å². The van der Waals surface area contributed by atoms with Crippen LogP contribution in [0.2, 0.25) is 0 Å². The van der Waals surface area contributed by atoms with Crippen molar-refractivity contribution in [2.24, 2.45) is 0 Å². The van der Waals surface area contributed by atoms with Gasteiger partial charge in [-0.25, -0.2) is 4.79 Å². The van der Waals surface area contributed by atoms with Gasteiger partial charge < -0.3 is 4.90 Å². The number of rotatable bonds is 5. The van der Waals surface area contributed by atoms with E-state index in [4.69, 9.17) is 0 Å². The number of anilines is 1. The zero-order valence-electron chi connectivity index (χ0n) is 18.6. The SMILES string of the molecule is Cc1cccc(N(C)C(=O)Cn2c(=O)n(Cc3ccc(C)c(C)c3)c(=O)c3sccc32)c1. The zero-order chi connectivity index (χ0) is 23.0. The lowest BCUT2D eigenvalue weighted by molar-refractivity contribution is -0.118. The van der Waals surface area contributed by atoms with Gasteiger partial charge in [0.15, 0.2) is 0 Å². The van der Waals surface area contributed by atoms with Crippen molar-refractivity contribution in [1.82, 2.24) is 9.13 Å². The fraction of sp³-hybridized carbons (Fsp3) is 0.240. The molecule has 0 aliphatic heterocycles. The fourth-order valence-corrected chi connectivity index (χ4v) is 4.57. The van der Waals surface area contributed by atoms with Crippen molar-refractivity contribution in [2.75, 3.05) is 11.9 Å². The summed E-state index contributed by atoms with van der Waals surface area (Å²) in [5.74, 6) is -0.235. The number of amides is 1. The van der Waals surface area contributed by atoms with Crippen LogP contribution in [0.25, 0.3) is 10.2 Å². The van der Waals surface area contributed by atoms with Crippen LogP contribution in [0.4, 0.5) is 5.69 Å². The molecule has 0 saturated carbocycles. The third kappa shape index (κ3) is 4.03. The third-order valence-corrected chi connectivity index (χ3v) is 6.70. The predicted molar refractivity (Wildman–Crippen MR) is 130 cm³/mol. The van der Waals surface area contributed by atoms with E-state index in [0.29, 0.717) is 10.2 Å². The molecule has 2 aromatic carbocycles. The third-order valence-electron chi connectivity index (χ3n) is 5.80. The van der Waals surface area contributed by atoms with Crippen molar-refractivity contribution in [1.29, 1.82) is 0 Å². The molecule has 0 saturated heterocycles. The van der Waals surface area contributed by atoms with Crippen LogP contribution in [0.3, 0.4) is 0 Å². The molecule has 0 radical (unpaired) electrons. The summed E-state index contributed by atoms with van der Waals surface area (Å²) in [6.45, 7) is 6.00. The molecule has 0 unspecified atom stereocenters. The van der Waals surface area contributed by atoms with Gasteiger partial charge in [0.2, 0.25) is 5.91 Å². The number of nitrogens with zero attached hydrogens (tertiary/aromatic N) is 3. The van der Waals surface area contributed by atoms with Gasteiger partial charge in [-0.15, -0.1) is 11.3 Å². The molecule has 0 spiro atoms. The summed E-state index contributed by atoms with van der Waals surface area (Å²) in [6, 6.07) is 15.2. The molecule has 0 bridgehead atoms. The van der Waals surface area contributed by atoms with E-state index in [1.807, 2.05) is 63.2 Å². The lowest BCUT2D eigenvalue weighted by Gasteiger charge is -2.19. The molecule has 0 N–H and O–H groups in total. The maximum absolute atomic E-state index is 13.4. The zero-order valence-corrected chi connectivity index (χ0v) is 19.4. The fourth-order valence-electron chi connectivity index (χ4n) is 3.73. The first-order chi connectivity index (χ1) is 15.3. The molecule has 1 amide bonds. The Morgan fingerprint density at radius 3 is 2.47 bits per heavy atom. The molecule has 2 aromatic heterocycles. The Morgan fingerprint density at radius 1 is 0.969 bits per heavy atom. The maximum Gasteiger partial charge on any atom is 0.332 e. The average Bonchev–Trinajstić information content (AvgIpc) is 3.26. The molecule has 0 fully saturated rings. The van der Waals surface area contributed by atoms with Crippen molar-refractivity contribution in [3.05, 3.63) is 97.0 Å². The van der Waals surface area contributed by atoms with Gasteiger partial charge in [-0.1, -0.05) is 30.3 Å². The number of hydrogen-bond donors (Lipinski definition) is 0. The second-order valence-electron chi connectivity index (χ2n) is 8.11. The van der Waals surface area contributed by atoms with E-state index >= 15 is 0 Å². The quantitative estimate of drug-likeness (QED) is 0.467. The summed E-state index contributed by atoms with van der Waals surface area (Å²) in [6.07, 6.45) is 0. The summed E-state index contributed by atoms with van der Waals surface area (Å²) >= 11 is 1.28. The number of carbonyl (C=O) groups is 1. The van der Waals surface area contributed by atoms with Crippen molar-refractivity contribution in [2.45, 2.75) is 33.9 Å². The molecule has 0 aliphatic carbocycles. The minimum atomic E-state index is -0.481. The highest BCUT2D eigenvalue weighted by atomic mass is 32.1. The van der Waals surface area contributed by atoms with E-state index in [2.05, 4.69) is 0 Å². The maximum atomic E-state index is 13.4. The van der Waals surface area contributed by atoms with E-state index in [9.17, 15) is 14.4 Å². The topological polar surface area (TPSA) is 64.3 Å². The van der Waals surface area contributed by atoms with Crippen molar-refractivity contribution < 1.29 is 4.79 Å². The molecule has 6 nitrogen and oxygen atoms in total. The lowest BCUT2D eigenvalue weighted by Crippen LogP contribution is -2.42. The summed E-state index contributed by atoms with van der Waals surface area (Å²) in [5.41, 5.74) is 4.61. The van der Waals surface area contributed by atoms with E-state index in [0.717, 1.165) is 27.9 Å². The Kier molecular flexibility index (Phi) is 5.84. The lowest BCUT2D eigenvalue weighted by atomic mass is 10.1. The molecule has 0 atom stereocenters. The van der Waals surface area contributed by atoms with Gasteiger partial charge >= 0.3 is 5.69 Å². The Labute approximate surface area is 190 Å². The molecule has 4 aromatic rings. The molecule has 7 heteroatoms. The first-order valence-corrected chi connectivity index (χ1v) is 11.2. The minimum absolute atomic E-state index is 0.149. The normalized spacial score (nSPS) is 11.1. The van der Waals surface area contributed by atoms with Crippen LogP contribution >= 0.6 is 11.3 Å². The summed E-state index contributed by atoms with van der Waals surface area (Å²) in [4.78, 5) is 41.0. The number of carbonyl (C=O) groups excluding carboxylic acids is 1. The first-order valence-electron chi connectivity index (χ1n) is 10.4. The van der Waals surface area contributed by atoms with Crippen molar-refractivity contribution >= 4 is 33.1 Å². The van der Waals surface area contributed by atoms with Gasteiger partial charge in [0, 0.05) is 12.7 Å². The number of likely N-dealkylation sites (N-methyl/N-ethyl adjacent to an activating group) is 1. The number of aryl methyl sites for hydroxylation is 3. The van der Waals surface area contributed by atoms with Crippen LogP contribution < -0.4 is 16.1 Å². The van der Waals surface area contributed by atoms with Gasteiger partial charge in [0.05, 0.1) is 12.1 Å². The number of thiophene rings is 1. The number of aromatic nitrogens is 2. The molecule has 4 rings (SSSR count). The van der Waals surface area contributed by atoms with Crippen LogP contribution in [-0.2, 0) is 17.9 Å². The highest BCUT2D eigenvalue weighted by Crippen LogP contribution is 2.18. The van der Waals surface area contributed by atoms with Gasteiger partial charge in [-0.3, -0.25) is 18.7 Å². The van der Waals surface area contributed by atoms with Crippen LogP contribution in [-0.4, -0.2) is 22.1 Å². The van der Waals surface area contributed by atoms with Crippen LogP contribution in [0, 0.1) is 20.8 Å². The van der Waals surface area contributed by atoms with Crippen molar-refractivity contribution in [3.63, 3.8) is 0 Å². The summed E-state index contributed by atoms with van der Waals surface area (Å²) in [5, 5.41) is 1.77. The van der Waals surface area contributed by atoms with Crippen LogP contribution in [0.1, 0.15) is 22.3 Å². The Morgan fingerprint density at radius 2 is 1.75 bits per heavy atom. The van der Waals surface area contributed by atoms with Crippen LogP contribution in [0.5, 0.6) is 0 Å². The molecular weight excluding hydrogens is 422 g/mol. The van der Waals surface area contributed by atoms with E-state index in [1.165, 1.54) is 25.4 Å². The van der Waals surface area contributed by atoms with E-state index in [-0.39, 0.29) is 24.6 Å². The Bertz CT molecular complexity index is 1450. The molecule has 2 heterocycles. The molecule has 32 heavy (non-hydrogen) atoms. The second kappa shape index (κ2) is 8.59. The number of benzene rings is 2. The minimum Gasteiger partial charge on any atom is -0.314 e. The first kappa shape index (κ1) is 21.8. The summed E-state index contributed by atoms with van der Waals surface area (Å²) in [7, 11) is 1.69. The van der Waals surface area contributed by atoms with E-state index in [1.54, 1.807) is 18.5 Å². The molecular formula is C25H25N3O3S. The van der Waals surface area contributed by atoms with Gasteiger partial charge in [0.25, 0.3) is 5.56 Å². The number of hydrogen-bond acceptors (Lipinski definition) is 4. The highest BCUT2D eigenvalue weighted by Gasteiger charge is 2.19. The largest absolute Gasteiger partial charge is 0.332 e. The Balaban J connectivity index is 1.75. The predicted octanol–water partition coefficient (Wildman–Crippen LogP) is 3.86. The molecule has 0 aliphatic rings.